The Kier molecular flexibility index (Phi) is 6.48. The summed E-state index contributed by atoms with van der Waals surface area (Å²) in [4.78, 5) is 12.7. The second kappa shape index (κ2) is 8.21. The number of anilines is 2. The summed E-state index contributed by atoms with van der Waals surface area (Å²) in [6.07, 6.45) is 1.38. The van der Waals surface area contributed by atoms with E-state index in [0.717, 1.165) is 15.0 Å². The Hall–Kier alpha value is -1.57. The lowest BCUT2D eigenvalue weighted by Gasteiger charge is -2.30. The number of carbonyl (C=O) groups is 1. The van der Waals surface area contributed by atoms with Crippen molar-refractivity contribution in [3.63, 3.8) is 0 Å². The van der Waals surface area contributed by atoms with Gasteiger partial charge in [0.25, 0.3) is 0 Å². The van der Waals surface area contributed by atoms with Crippen LogP contribution in [0.2, 0.25) is 5.02 Å². The van der Waals surface area contributed by atoms with Crippen molar-refractivity contribution in [2.24, 2.45) is 0 Å². The van der Waals surface area contributed by atoms with Crippen LogP contribution in [0.4, 0.5) is 11.4 Å². The van der Waals surface area contributed by atoms with Crippen LogP contribution < -0.4 is 9.62 Å². The van der Waals surface area contributed by atoms with Crippen LogP contribution in [0.3, 0.4) is 0 Å². The van der Waals surface area contributed by atoms with E-state index in [4.69, 9.17) is 11.6 Å². The molecule has 0 saturated carbocycles. The van der Waals surface area contributed by atoms with Crippen molar-refractivity contribution in [3.05, 3.63) is 58.0 Å². The van der Waals surface area contributed by atoms with E-state index in [1.54, 1.807) is 43.3 Å². The third kappa shape index (κ3) is 5.20. The Morgan fingerprint density at radius 3 is 2.48 bits per heavy atom. The summed E-state index contributed by atoms with van der Waals surface area (Å²) in [6.45, 7) is 1.76. The van der Waals surface area contributed by atoms with E-state index >= 15 is 0 Å². The van der Waals surface area contributed by atoms with Crippen LogP contribution in [-0.2, 0) is 14.8 Å². The summed E-state index contributed by atoms with van der Waals surface area (Å²) in [5.74, 6) is -0.411. The van der Waals surface area contributed by atoms with Gasteiger partial charge in [0, 0.05) is 15.2 Å². The Labute approximate surface area is 161 Å². The summed E-state index contributed by atoms with van der Waals surface area (Å²) >= 11 is 9.33. The molecule has 0 aliphatic rings. The molecule has 5 nitrogen and oxygen atoms in total. The van der Waals surface area contributed by atoms with Crippen molar-refractivity contribution in [3.8, 4) is 0 Å². The Balaban J connectivity index is 2.38. The first kappa shape index (κ1) is 19.8. The fourth-order valence-corrected chi connectivity index (χ4v) is 4.25. The number of amides is 1. The number of hydrogen-bond acceptors (Lipinski definition) is 3. The molecule has 2 aromatic rings. The zero-order valence-corrected chi connectivity index (χ0v) is 16.9. The monoisotopic (exact) mass is 444 g/mol. The molecule has 0 bridgehead atoms. The van der Waals surface area contributed by atoms with Crippen LogP contribution in [0.1, 0.15) is 13.3 Å². The molecule has 1 amide bonds. The predicted octanol–water partition coefficient (Wildman–Crippen LogP) is 4.29. The van der Waals surface area contributed by atoms with E-state index in [1.807, 2.05) is 6.07 Å². The predicted molar refractivity (Wildman–Crippen MR) is 106 cm³/mol. The van der Waals surface area contributed by atoms with E-state index in [2.05, 4.69) is 21.2 Å². The molecule has 2 rings (SSSR count). The maximum atomic E-state index is 12.7. The second-order valence-corrected chi connectivity index (χ2v) is 8.67. The highest BCUT2D eigenvalue weighted by atomic mass is 79.9. The highest BCUT2D eigenvalue weighted by Crippen LogP contribution is 2.26. The summed E-state index contributed by atoms with van der Waals surface area (Å²) in [6, 6.07) is 12.6. The molecule has 25 heavy (non-hydrogen) atoms. The first-order valence-electron chi connectivity index (χ1n) is 7.53. The molecule has 2 aromatic carbocycles. The first-order valence-corrected chi connectivity index (χ1v) is 10.6. The molecule has 0 aliphatic carbocycles. The van der Waals surface area contributed by atoms with Gasteiger partial charge in [-0.25, -0.2) is 8.42 Å². The zero-order valence-electron chi connectivity index (χ0n) is 13.7. The third-order valence-electron chi connectivity index (χ3n) is 3.48. The number of hydrogen-bond donors (Lipinski definition) is 1. The van der Waals surface area contributed by atoms with Crippen LogP contribution >= 0.6 is 27.5 Å². The van der Waals surface area contributed by atoms with Gasteiger partial charge in [-0.15, -0.1) is 0 Å². The fourth-order valence-electron chi connectivity index (χ4n) is 2.47. The molecule has 0 aliphatic heterocycles. The minimum atomic E-state index is -3.69. The second-order valence-electron chi connectivity index (χ2n) is 5.46. The number of sulfonamides is 1. The number of nitrogens with one attached hydrogen (secondary N) is 1. The van der Waals surface area contributed by atoms with E-state index < -0.39 is 22.0 Å². The SMILES string of the molecule is CC[C@@H](C(=O)Nc1cccc(Br)c1)N(c1cccc(Cl)c1)S(C)(=O)=O. The topological polar surface area (TPSA) is 66.5 Å². The van der Waals surface area contributed by atoms with Gasteiger partial charge >= 0.3 is 0 Å². The molecule has 0 saturated heterocycles. The highest BCUT2D eigenvalue weighted by molar-refractivity contribution is 9.10. The maximum Gasteiger partial charge on any atom is 0.248 e. The normalized spacial score (nSPS) is 12.5. The lowest BCUT2D eigenvalue weighted by Crippen LogP contribution is -2.47. The molecule has 0 heterocycles. The molecule has 0 fully saturated rings. The standard InChI is InChI=1S/C17H18BrClN2O3S/c1-3-16(17(22)20-14-8-4-6-12(18)10-14)21(25(2,23)24)15-9-5-7-13(19)11-15/h4-11,16H,3H2,1-2H3,(H,20,22)/t16-/m0/s1. The molecule has 0 aromatic heterocycles. The molecule has 0 unspecified atom stereocenters. The van der Waals surface area contributed by atoms with Crippen LogP contribution in [0, 0.1) is 0 Å². The maximum absolute atomic E-state index is 12.7. The first-order chi connectivity index (χ1) is 11.7. The van der Waals surface area contributed by atoms with Gasteiger partial charge in [0.15, 0.2) is 0 Å². The molecule has 1 atom stereocenters. The van der Waals surface area contributed by atoms with E-state index in [-0.39, 0.29) is 0 Å². The molecule has 1 N–H and O–H groups in total. The van der Waals surface area contributed by atoms with Crippen molar-refractivity contribution < 1.29 is 13.2 Å². The van der Waals surface area contributed by atoms with Crippen LogP contribution in [-0.4, -0.2) is 26.6 Å². The largest absolute Gasteiger partial charge is 0.324 e. The molecule has 0 spiro atoms. The van der Waals surface area contributed by atoms with Crippen molar-refractivity contribution >= 4 is 54.8 Å². The van der Waals surface area contributed by atoms with Gasteiger partial charge in [-0.05, 0) is 42.8 Å². The van der Waals surface area contributed by atoms with Gasteiger partial charge in [-0.3, -0.25) is 9.10 Å². The molecule has 8 heteroatoms. The van der Waals surface area contributed by atoms with Gasteiger partial charge in [0.05, 0.1) is 11.9 Å². The summed E-state index contributed by atoms with van der Waals surface area (Å²) in [7, 11) is -3.69. The lowest BCUT2D eigenvalue weighted by atomic mass is 10.2. The number of rotatable bonds is 6. The van der Waals surface area contributed by atoms with Crippen molar-refractivity contribution in [1.82, 2.24) is 0 Å². The van der Waals surface area contributed by atoms with Crippen molar-refractivity contribution in [2.75, 3.05) is 15.9 Å². The van der Waals surface area contributed by atoms with Crippen molar-refractivity contribution in [2.45, 2.75) is 19.4 Å². The molecular weight excluding hydrogens is 428 g/mol. The van der Waals surface area contributed by atoms with Gasteiger partial charge in [-0.2, -0.15) is 0 Å². The quantitative estimate of drug-likeness (QED) is 0.721. The zero-order chi connectivity index (χ0) is 18.6. The molecule has 0 radical (unpaired) electrons. The minimum Gasteiger partial charge on any atom is -0.324 e. The fraction of sp³-hybridized carbons (Fsp3) is 0.235. The number of carbonyl (C=O) groups excluding carboxylic acids is 1. The number of nitrogens with zero attached hydrogens (tertiary/aromatic N) is 1. The van der Waals surface area contributed by atoms with Crippen molar-refractivity contribution in [1.29, 1.82) is 0 Å². The van der Waals surface area contributed by atoms with Crippen LogP contribution in [0.25, 0.3) is 0 Å². The van der Waals surface area contributed by atoms with E-state index in [0.29, 0.717) is 22.8 Å². The third-order valence-corrected chi connectivity index (χ3v) is 5.39. The van der Waals surface area contributed by atoms with E-state index in [9.17, 15) is 13.2 Å². The van der Waals surface area contributed by atoms with Gasteiger partial charge < -0.3 is 5.32 Å². The summed E-state index contributed by atoms with van der Waals surface area (Å²) in [5.41, 5.74) is 0.934. The van der Waals surface area contributed by atoms with Gasteiger partial charge in [0.1, 0.15) is 6.04 Å². The number of halogens is 2. The lowest BCUT2D eigenvalue weighted by molar-refractivity contribution is -0.117. The molecule has 134 valence electrons. The van der Waals surface area contributed by atoms with E-state index in [1.165, 1.54) is 6.07 Å². The smallest absolute Gasteiger partial charge is 0.248 e. The average molecular weight is 446 g/mol. The summed E-state index contributed by atoms with van der Waals surface area (Å²) in [5, 5.41) is 3.16. The van der Waals surface area contributed by atoms with Gasteiger partial charge in [0.2, 0.25) is 15.9 Å². The average Bonchev–Trinajstić information content (AvgIpc) is 2.51. The van der Waals surface area contributed by atoms with Crippen LogP contribution in [0.15, 0.2) is 53.0 Å². The summed E-state index contributed by atoms with van der Waals surface area (Å²) < 4.78 is 26.6. The Morgan fingerprint density at radius 1 is 1.24 bits per heavy atom. The highest BCUT2D eigenvalue weighted by Gasteiger charge is 2.31. The van der Waals surface area contributed by atoms with Gasteiger partial charge in [-0.1, -0.05) is 46.6 Å². The minimum absolute atomic E-state index is 0.305. The number of benzene rings is 2. The Bertz CT molecular complexity index is 874. The van der Waals surface area contributed by atoms with Crippen LogP contribution in [0.5, 0.6) is 0 Å². The molecular formula is C17H18BrClN2O3S. The Morgan fingerprint density at radius 2 is 1.92 bits per heavy atom.